The van der Waals surface area contributed by atoms with Gasteiger partial charge in [-0.3, -0.25) is 9.48 Å². The fourth-order valence-corrected chi connectivity index (χ4v) is 1.08. The van der Waals surface area contributed by atoms with E-state index in [1.165, 1.54) is 25.9 Å². The van der Waals surface area contributed by atoms with Crippen molar-refractivity contribution in [2.24, 2.45) is 0 Å². The molecule has 1 amide bonds. The second kappa shape index (κ2) is 4.15. The third kappa shape index (κ3) is 2.74. The fraction of sp³-hybridized carbons (Fsp3) is 0.556. The van der Waals surface area contributed by atoms with Crippen LogP contribution >= 0.6 is 0 Å². The predicted molar refractivity (Wildman–Crippen MR) is 50.7 cm³/mol. The molecule has 1 aromatic rings. The normalized spacial score (nSPS) is 11.6. The van der Waals surface area contributed by atoms with E-state index in [2.05, 4.69) is 5.10 Å². The van der Waals surface area contributed by atoms with Gasteiger partial charge in [0.25, 0.3) is 0 Å². The molecular formula is C9H12F3N3O. The molecule has 0 radical (unpaired) electrons. The third-order valence-corrected chi connectivity index (χ3v) is 2.06. The maximum Gasteiger partial charge on any atom is 0.435 e. The highest BCUT2D eigenvalue weighted by atomic mass is 19.4. The van der Waals surface area contributed by atoms with Crippen LogP contribution in [-0.2, 0) is 17.5 Å². The van der Waals surface area contributed by atoms with Crippen molar-refractivity contribution in [3.63, 3.8) is 0 Å². The minimum absolute atomic E-state index is 0.186. The lowest BCUT2D eigenvalue weighted by atomic mass is 10.3. The van der Waals surface area contributed by atoms with Gasteiger partial charge in [-0.05, 0) is 13.0 Å². The smallest absolute Gasteiger partial charge is 0.347 e. The van der Waals surface area contributed by atoms with Gasteiger partial charge in [0.1, 0.15) is 6.54 Å². The lowest BCUT2D eigenvalue weighted by Crippen LogP contribution is -2.27. The molecule has 0 atom stereocenters. The molecule has 0 saturated carbocycles. The number of halogens is 3. The molecule has 0 N–H and O–H groups in total. The first kappa shape index (κ1) is 12.5. The van der Waals surface area contributed by atoms with E-state index in [-0.39, 0.29) is 12.5 Å². The van der Waals surface area contributed by atoms with E-state index >= 15 is 0 Å². The quantitative estimate of drug-likeness (QED) is 0.774. The van der Waals surface area contributed by atoms with Crippen molar-refractivity contribution in [1.29, 1.82) is 0 Å². The molecule has 4 nitrogen and oxygen atoms in total. The highest BCUT2D eigenvalue weighted by molar-refractivity contribution is 5.75. The van der Waals surface area contributed by atoms with Crippen LogP contribution in [-0.4, -0.2) is 34.7 Å². The average molecular weight is 235 g/mol. The van der Waals surface area contributed by atoms with Gasteiger partial charge in [-0.25, -0.2) is 0 Å². The Kier molecular flexibility index (Phi) is 3.25. The summed E-state index contributed by atoms with van der Waals surface area (Å²) in [5, 5.41) is 3.35. The lowest BCUT2D eigenvalue weighted by molar-refractivity contribution is -0.142. The minimum Gasteiger partial charge on any atom is -0.347 e. The molecule has 16 heavy (non-hydrogen) atoms. The summed E-state index contributed by atoms with van der Waals surface area (Å²) in [6, 6.07) is 0.920. The molecule has 1 rings (SSSR count). The van der Waals surface area contributed by atoms with E-state index in [4.69, 9.17) is 0 Å². The number of aryl methyl sites for hydroxylation is 1. The maximum absolute atomic E-state index is 12.3. The minimum atomic E-state index is -4.48. The third-order valence-electron chi connectivity index (χ3n) is 2.06. The van der Waals surface area contributed by atoms with Crippen molar-refractivity contribution < 1.29 is 18.0 Å². The van der Waals surface area contributed by atoms with Gasteiger partial charge >= 0.3 is 6.18 Å². The molecule has 0 aliphatic heterocycles. The first-order valence-electron chi connectivity index (χ1n) is 4.53. The first-order chi connectivity index (χ1) is 7.21. The summed E-state index contributed by atoms with van der Waals surface area (Å²) in [5.41, 5.74) is -0.668. The van der Waals surface area contributed by atoms with Crippen LogP contribution in [0.25, 0.3) is 0 Å². The van der Waals surface area contributed by atoms with Crippen molar-refractivity contribution >= 4 is 5.91 Å². The Morgan fingerprint density at radius 2 is 2.06 bits per heavy atom. The molecule has 1 aromatic heterocycles. The number of alkyl halides is 3. The van der Waals surface area contributed by atoms with Gasteiger partial charge in [0.15, 0.2) is 5.69 Å². The van der Waals surface area contributed by atoms with E-state index in [0.29, 0.717) is 5.69 Å². The number of likely N-dealkylation sites (N-methyl/N-ethyl adjacent to an activating group) is 1. The van der Waals surface area contributed by atoms with Gasteiger partial charge in [-0.1, -0.05) is 0 Å². The zero-order chi connectivity index (χ0) is 12.5. The first-order valence-corrected chi connectivity index (χ1v) is 4.53. The Bertz CT molecular complexity index is 395. The lowest BCUT2D eigenvalue weighted by Gasteiger charge is -2.10. The second-order valence-electron chi connectivity index (χ2n) is 3.61. The Labute approximate surface area is 90.6 Å². The molecule has 0 aromatic carbocycles. The van der Waals surface area contributed by atoms with Crippen molar-refractivity contribution in [3.05, 3.63) is 17.5 Å². The number of hydrogen-bond donors (Lipinski definition) is 0. The molecule has 0 bridgehead atoms. The number of amides is 1. The summed E-state index contributed by atoms with van der Waals surface area (Å²) in [4.78, 5) is 12.6. The average Bonchev–Trinajstić information content (AvgIpc) is 2.47. The summed E-state index contributed by atoms with van der Waals surface area (Å²) in [5.74, 6) is -0.306. The molecule has 0 aliphatic rings. The molecule has 0 aliphatic carbocycles. The SMILES string of the molecule is Cc1cc(C(F)(F)F)nn1CC(=O)N(C)C. The molecule has 0 saturated heterocycles. The molecule has 7 heteroatoms. The van der Waals surface area contributed by atoms with Crippen LogP contribution in [0.2, 0.25) is 0 Å². The molecule has 0 spiro atoms. The number of hydrogen-bond acceptors (Lipinski definition) is 2. The highest BCUT2D eigenvalue weighted by Gasteiger charge is 2.34. The van der Waals surface area contributed by atoms with E-state index < -0.39 is 11.9 Å². The van der Waals surface area contributed by atoms with Gasteiger partial charge in [0.05, 0.1) is 0 Å². The second-order valence-corrected chi connectivity index (χ2v) is 3.61. The number of carbonyl (C=O) groups excluding carboxylic acids is 1. The number of carbonyl (C=O) groups is 1. The molecule has 1 heterocycles. The van der Waals surface area contributed by atoms with Crippen LogP contribution < -0.4 is 0 Å². The van der Waals surface area contributed by atoms with Crippen molar-refractivity contribution in [2.75, 3.05) is 14.1 Å². The summed E-state index contributed by atoms with van der Waals surface area (Å²) in [6.45, 7) is 1.29. The van der Waals surface area contributed by atoms with Gasteiger partial charge < -0.3 is 4.90 Å². The Morgan fingerprint density at radius 1 is 1.50 bits per heavy atom. The van der Waals surface area contributed by atoms with Crippen molar-refractivity contribution in [1.82, 2.24) is 14.7 Å². The number of rotatable bonds is 2. The Balaban J connectivity index is 2.91. The fourth-order valence-electron chi connectivity index (χ4n) is 1.08. The van der Waals surface area contributed by atoms with Crippen molar-refractivity contribution in [3.8, 4) is 0 Å². The van der Waals surface area contributed by atoms with Crippen LogP contribution in [0.5, 0.6) is 0 Å². The maximum atomic E-state index is 12.3. The molecule has 0 fully saturated rings. The summed E-state index contributed by atoms with van der Waals surface area (Å²) in [6.07, 6.45) is -4.48. The summed E-state index contributed by atoms with van der Waals surface area (Å²) >= 11 is 0. The van der Waals surface area contributed by atoms with E-state index in [1.54, 1.807) is 0 Å². The van der Waals surface area contributed by atoms with Crippen LogP contribution in [0.4, 0.5) is 13.2 Å². The highest BCUT2D eigenvalue weighted by Crippen LogP contribution is 2.28. The van der Waals surface area contributed by atoms with Gasteiger partial charge in [-0.15, -0.1) is 0 Å². The van der Waals surface area contributed by atoms with Crippen LogP contribution in [0.1, 0.15) is 11.4 Å². The van der Waals surface area contributed by atoms with E-state index in [9.17, 15) is 18.0 Å². The molecule has 0 unspecified atom stereocenters. The van der Waals surface area contributed by atoms with Gasteiger partial charge in [0.2, 0.25) is 5.91 Å². The number of nitrogens with zero attached hydrogens (tertiary/aromatic N) is 3. The predicted octanol–water partition coefficient (Wildman–Crippen LogP) is 1.30. The monoisotopic (exact) mass is 235 g/mol. The van der Waals surface area contributed by atoms with Crippen LogP contribution in [0, 0.1) is 6.92 Å². The van der Waals surface area contributed by atoms with Gasteiger partial charge in [-0.2, -0.15) is 18.3 Å². The van der Waals surface area contributed by atoms with Crippen LogP contribution in [0.15, 0.2) is 6.07 Å². The van der Waals surface area contributed by atoms with E-state index in [1.807, 2.05) is 0 Å². The topological polar surface area (TPSA) is 38.1 Å². The molecular weight excluding hydrogens is 223 g/mol. The van der Waals surface area contributed by atoms with Crippen LogP contribution in [0.3, 0.4) is 0 Å². The summed E-state index contributed by atoms with van der Waals surface area (Å²) in [7, 11) is 3.07. The number of aromatic nitrogens is 2. The molecule has 90 valence electrons. The zero-order valence-corrected chi connectivity index (χ0v) is 9.17. The Hall–Kier alpha value is -1.53. The zero-order valence-electron chi connectivity index (χ0n) is 9.17. The van der Waals surface area contributed by atoms with E-state index in [0.717, 1.165) is 10.7 Å². The Morgan fingerprint density at radius 3 is 2.44 bits per heavy atom. The van der Waals surface area contributed by atoms with Gasteiger partial charge in [0, 0.05) is 19.8 Å². The largest absolute Gasteiger partial charge is 0.435 e. The standard InChI is InChI=1S/C9H12F3N3O/c1-6-4-7(9(10,11)12)13-15(6)5-8(16)14(2)3/h4H,5H2,1-3H3. The summed E-state index contributed by atoms with van der Waals surface area (Å²) < 4.78 is 38.0. The van der Waals surface area contributed by atoms with Crippen molar-refractivity contribution in [2.45, 2.75) is 19.6 Å².